The Labute approximate surface area is 130 Å². The van der Waals surface area contributed by atoms with Crippen LogP contribution in [0.4, 0.5) is 5.69 Å². The van der Waals surface area contributed by atoms with Crippen LogP contribution in [0.25, 0.3) is 10.9 Å². The Morgan fingerprint density at radius 2 is 2.05 bits per heavy atom. The van der Waals surface area contributed by atoms with Gasteiger partial charge in [-0.05, 0) is 42.8 Å². The largest absolute Gasteiger partial charge is 0.378 e. The third-order valence-electron chi connectivity index (χ3n) is 3.16. The minimum Gasteiger partial charge on any atom is -0.378 e. The van der Waals surface area contributed by atoms with Gasteiger partial charge in [0.15, 0.2) is 0 Å². The van der Waals surface area contributed by atoms with Crippen molar-refractivity contribution >= 4 is 32.5 Å². The number of aromatic nitrogens is 2. The Hall–Kier alpha value is -2.14. The van der Waals surface area contributed by atoms with Crippen LogP contribution >= 0.6 is 15.9 Å². The summed E-state index contributed by atoms with van der Waals surface area (Å²) in [5.41, 5.74) is 2.75. The number of hydrogen-bond acceptors (Lipinski definition) is 3. The van der Waals surface area contributed by atoms with Crippen LogP contribution in [-0.2, 0) is 6.54 Å². The molecule has 5 heteroatoms. The van der Waals surface area contributed by atoms with Gasteiger partial charge in [-0.15, -0.1) is 0 Å². The van der Waals surface area contributed by atoms with Crippen molar-refractivity contribution in [2.75, 3.05) is 5.32 Å². The topological polar surface area (TPSA) is 57.8 Å². The van der Waals surface area contributed by atoms with Gasteiger partial charge in [-0.3, -0.25) is 4.79 Å². The molecule has 0 unspecified atom stereocenters. The first-order chi connectivity index (χ1) is 10.1. The Morgan fingerprint density at radius 3 is 2.86 bits per heavy atom. The maximum atomic E-state index is 12.0. The monoisotopic (exact) mass is 343 g/mol. The predicted octanol–water partition coefficient (Wildman–Crippen LogP) is 3.61. The molecular formula is C16H14BrN3O. The number of para-hydroxylation sites is 1. The molecule has 21 heavy (non-hydrogen) atoms. The first-order valence-electron chi connectivity index (χ1n) is 6.61. The van der Waals surface area contributed by atoms with Crippen molar-refractivity contribution in [1.29, 1.82) is 0 Å². The van der Waals surface area contributed by atoms with Gasteiger partial charge in [-0.25, -0.2) is 4.98 Å². The van der Waals surface area contributed by atoms with E-state index in [2.05, 4.69) is 31.2 Å². The van der Waals surface area contributed by atoms with Crippen molar-refractivity contribution in [2.45, 2.75) is 13.5 Å². The molecule has 0 bridgehead atoms. The molecule has 0 amide bonds. The minimum atomic E-state index is -0.108. The molecule has 0 radical (unpaired) electrons. The van der Waals surface area contributed by atoms with E-state index in [-0.39, 0.29) is 5.56 Å². The molecule has 1 aromatic heterocycles. The number of hydrogen-bond donors (Lipinski definition) is 2. The third-order valence-corrected chi connectivity index (χ3v) is 3.62. The average Bonchev–Trinajstić information content (AvgIpc) is 2.44. The van der Waals surface area contributed by atoms with Gasteiger partial charge in [-0.2, -0.15) is 0 Å². The molecule has 2 aromatic carbocycles. The molecule has 0 aliphatic heterocycles. The average molecular weight is 344 g/mol. The van der Waals surface area contributed by atoms with E-state index in [0.717, 1.165) is 15.7 Å². The number of fused-ring (bicyclic) bond motifs is 1. The molecule has 0 aliphatic carbocycles. The quantitative estimate of drug-likeness (QED) is 0.763. The van der Waals surface area contributed by atoms with Crippen LogP contribution in [-0.4, -0.2) is 9.97 Å². The minimum absolute atomic E-state index is 0.108. The molecule has 0 saturated heterocycles. The molecule has 0 spiro atoms. The molecule has 4 nitrogen and oxygen atoms in total. The summed E-state index contributed by atoms with van der Waals surface area (Å²) < 4.78 is 1.02. The standard InChI is InChI=1S/C16H14BrN3O/c1-10-6-11(17)8-12(7-10)18-9-15-19-14-5-3-2-4-13(14)16(21)20-15/h2-8,18H,9H2,1H3,(H,19,20,21). The molecular weight excluding hydrogens is 330 g/mol. The molecule has 3 rings (SSSR count). The Kier molecular flexibility index (Phi) is 3.75. The SMILES string of the molecule is Cc1cc(Br)cc(NCc2nc3ccccc3c(=O)[nH]2)c1. The second-order valence-electron chi connectivity index (χ2n) is 4.90. The summed E-state index contributed by atoms with van der Waals surface area (Å²) in [6.07, 6.45) is 0. The Morgan fingerprint density at radius 1 is 1.24 bits per heavy atom. The fourth-order valence-electron chi connectivity index (χ4n) is 2.24. The highest BCUT2D eigenvalue weighted by molar-refractivity contribution is 9.10. The lowest BCUT2D eigenvalue weighted by atomic mass is 10.2. The first-order valence-corrected chi connectivity index (χ1v) is 7.40. The van der Waals surface area contributed by atoms with Crippen LogP contribution in [0, 0.1) is 6.92 Å². The van der Waals surface area contributed by atoms with E-state index in [0.29, 0.717) is 23.3 Å². The number of aromatic amines is 1. The summed E-state index contributed by atoms with van der Waals surface area (Å²) in [5.74, 6) is 0.622. The number of halogens is 1. The van der Waals surface area contributed by atoms with Gasteiger partial charge < -0.3 is 10.3 Å². The number of aryl methyl sites for hydroxylation is 1. The van der Waals surface area contributed by atoms with Crippen LogP contribution in [0.2, 0.25) is 0 Å². The normalized spacial score (nSPS) is 10.8. The molecule has 0 saturated carbocycles. The van der Waals surface area contributed by atoms with Crippen LogP contribution in [0.3, 0.4) is 0 Å². The highest BCUT2D eigenvalue weighted by atomic mass is 79.9. The van der Waals surface area contributed by atoms with Crippen molar-refractivity contribution in [2.24, 2.45) is 0 Å². The molecule has 2 N–H and O–H groups in total. The number of nitrogens with zero attached hydrogens (tertiary/aromatic N) is 1. The Balaban J connectivity index is 1.86. The number of H-pyrrole nitrogens is 1. The zero-order valence-corrected chi connectivity index (χ0v) is 13.1. The first kappa shape index (κ1) is 13.8. The smallest absolute Gasteiger partial charge is 0.258 e. The van der Waals surface area contributed by atoms with Crippen LogP contribution in [0.1, 0.15) is 11.4 Å². The van der Waals surface area contributed by atoms with Gasteiger partial charge in [0.1, 0.15) is 5.82 Å². The summed E-state index contributed by atoms with van der Waals surface area (Å²) in [6, 6.07) is 13.4. The van der Waals surface area contributed by atoms with E-state index < -0.39 is 0 Å². The van der Waals surface area contributed by atoms with Gasteiger partial charge in [0.05, 0.1) is 17.4 Å². The van der Waals surface area contributed by atoms with Gasteiger partial charge in [0, 0.05) is 10.2 Å². The van der Waals surface area contributed by atoms with Gasteiger partial charge in [0.2, 0.25) is 0 Å². The molecule has 1 heterocycles. The summed E-state index contributed by atoms with van der Waals surface area (Å²) in [6.45, 7) is 2.50. The van der Waals surface area contributed by atoms with E-state index in [4.69, 9.17) is 0 Å². The van der Waals surface area contributed by atoms with Gasteiger partial charge >= 0.3 is 0 Å². The number of benzene rings is 2. The van der Waals surface area contributed by atoms with E-state index in [1.807, 2.05) is 43.3 Å². The maximum Gasteiger partial charge on any atom is 0.258 e. The van der Waals surface area contributed by atoms with Crippen molar-refractivity contribution in [3.63, 3.8) is 0 Å². The van der Waals surface area contributed by atoms with Crippen molar-refractivity contribution in [3.8, 4) is 0 Å². The van der Waals surface area contributed by atoms with Crippen LogP contribution in [0.15, 0.2) is 51.7 Å². The van der Waals surface area contributed by atoms with Gasteiger partial charge in [0.25, 0.3) is 5.56 Å². The Bertz CT molecular complexity index is 837. The lowest BCUT2D eigenvalue weighted by molar-refractivity contribution is 0.953. The van der Waals surface area contributed by atoms with Crippen molar-refractivity contribution in [1.82, 2.24) is 9.97 Å². The maximum absolute atomic E-state index is 12.0. The summed E-state index contributed by atoms with van der Waals surface area (Å²) in [4.78, 5) is 19.3. The number of rotatable bonds is 3. The molecule has 106 valence electrons. The van der Waals surface area contributed by atoms with Gasteiger partial charge in [-0.1, -0.05) is 28.1 Å². The molecule has 0 fully saturated rings. The fourth-order valence-corrected chi connectivity index (χ4v) is 2.85. The van der Waals surface area contributed by atoms with E-state index >= 15 is 0 Å². The summed E-state index contributed by atoms with van der Waals surface area (Å²) in [7, 11) is 0. The predicted molar refractivity (Wildman–Crippen MR) is 88.6 cm³/mol. The highest BCUT2D eigenvalue weighted by Gasteiger charge is 2.03. The zero-order chi connectivity index (χ0) is 14.8. The van der Waals surface area contributed by atoms with Crippen LogP contribution in [0.5, 0.6) is 0 Å². The molecule has 0 aliphatic rings. The van der Waals surface area contributed by atoms with E-state index in [9.17, 15) is 4.79 Å². The molecule has 3 aromatic rings. The van der Waals surface area contributed by atoms with E-state index in [1.54, 1.807) is 6.07 Å². The summed E-state index contributed by atoms with van der Waals surface area (Å²) >= 11 is 3.47. The number of anilines is 1. The number of nitrogens with one attached hydrogen (secondary N) is 2. The van der Waals surface area contributed by atoms with Crippen molar-refractivity contribution < 1.29 is 0 Å². The van der Waals surface area contributed by atoms with E-state index in [1.165, 1.54) is 0 Å². The zero-order valence-electron chi connectivity index (χ0n) is 11.5. The van der Waals surface area contributed by atoms with Crippen molar-refractivity contribution in [3.05, 3.63) is 68.7 Å². The second kappa shape index (κ2) is 5.69. The lowest BCUT2D eigenvalue weighted by Crippen LogP contribution is -2.14. The fraction of sp³-hybridized carbons (Fsp3) is 0.125. The highest BCUT2D eigenvalue weighted by Crippen LogP contribution is 2.19. The molecule has 0 atom stereocenters. The lowest BCUT2D eigenvalue weighted by Gasteiger charge is -2.08. The van der Waals surface area contributed by atoms with Crippen LogP contribution < -0.4 is 10.9 Å². The second-order valence-corrected chi connectivity index (χ2v) is 5.82. The third kappa shape index (κ3) is 3.13. The summed E-state index contributed by atoms with van der Waals surface area (Å²) in [5, 5.41) is 3.88.